The maximum absolute atomic E-state index is 12.5. The van der Waals surface area contributed by atoms with E-state index in [1.165, 1.54) is 6.07 Å². The summed E-state index contributed by atoms with van der Waals surface area (Å²) in [6.45, 7) is 2.95. The SMILES string of the molecule is C#CCN(Cc1ccc(C)cc1)C(=O)CCNc1ccccc1[N+](=O)[O-]. The van der Waals surface area contributed by atoms with E-state index in [-0.39, 0.29) is 24.6 Å². The molecule has 2 rings (SSSR count). The van der Waals surface area contributed by atoms with Gasteiger partial charge in [-0.3, -0.25) is 14.9 Å². The van der Waals surface area contributed by atoms with E-state index in [4.69, 9.17) is 6.42 Å². The lowest BCUT2D eigenvalue weighted by Crippen LogP contribution is -2.32. The lowest BCUT2D eigenvalue weighted by molar-refractivity contribution is -0.384. The number of nitro groups is 1. The van der Waals surface area contributed by atoms with Crippen LogP contribution in [0.5, 0.6) is 0 Å². The fourth-order valence-electron chi connectivity index (χ4n) is 2.50. The van der Waals surface area contributed by atoms with Crippen LogP contribution < -0.4 is 5.32 Å². The molecule has 0 heterocycles. The van der Waals surface area contributed by atoms with Crippen molar-refractivity contribution in [2.45, 2.75) is 19.9 Å². The second-order valence-electron chi connectivity index (χ2n) is 5.89. The third kappa shape index (κ3) is 5.35. The van der Waals surface area contributed by atoms with Crippen molar-refractivity contribution in [2.75, 3.05) is 18.4 Å². The molecule has 6 heteroatoms. The number of para-hydroxylation sites is 2. The van der Waals surface area contributed by atoms with Crippen molar-refractivity contribution >= 4 is 17.3 Å². The van der Waals surface area contributed by atoms with Crippen molar-refractivity contribution in [3.63, 3.8) is 0 Å². The molecule has 0 saturated heterocycles. The fourth-order valence-corrected chi connectivity index (χ4v) is 2.50. The minimum absolute atomic E-state index is 0.0138. The topological polar surface area (TPSA) is 75.5 Å². The average Bonchev–Trinajstić information content (AvgIpc) is 2.63. The molecular formula is C20H21N3O3. The van der Waals surface area contributed by atoms with Crippen LogP contribution in [-0.2, 0) is 11.3 Å². The molecule has 134 valence electrons. The molecule has 0 bridgehead atoms. The number of terminal acetylenes is 1. The Morgan fingerprint density at radius 1 is 1.23 bits per heavy atom. The normalized spacial score (nSPS) is 10.0. The van der Waals surface area contributed by atoms with Crippen molar-refractivity contribution in [3.8, 4) is 12.3 Å². The lowest BCUT2D eigenvalue weighted by atomic mass is 10.1. The lowest BCUT2D eigenvalue weighted by Gasteiger charge is -2.21. The van der Waals surface area contributed by atoms with E-state index in [2.05, 4.69) is 11.2 Å². The van der Waals surface area contributed by atoms with Gasteiger partial charge in [-0.05, 0) is 18.6 Å². The first-order chi connectivity index (χ1) is 12.5. The summed E-state index contributed by atoms with van der Waals surface area (Å²) < 4.78 is 0. The first kappa shape index (κ1) is 19.0. The van der Waals surface area contributed by atoms with E-state index in [0.29, 0.717) is 18.8 Å². The number of rotatable bonds is 8. The van der Waals surface area contributed by atoms with Gasteiger partial charge in [-0.2, -0.15) is 0 Å². The Labute approximate surface area is 153 Å². The number of nitrogens with zero attached hydrogens (tertiary/aromatic N) is 2. The highest BCUT2D eigenvalue weighted by Crippen LogP contribution is 2.23. The smallest absolute Gasteiger partial charge is 0.292 e. The molecular weight excluding hydrogens is 330 g/mol. The molecule has 0 saturated carbocycles. The van der Waals surface area contributed by atoms with Crippen LogP contribution in [0.2, 0.25) is 0 Å². The quantitative estimate of drug-likeness (QED) is 0.449. The fraction of sp³-hybridized carbons (Fsp3) is 0.250. The second kappa shape index (κ2) is 9.23. The Bertz CT molecular complexity index is 810. The van der Waals surface area contributed by atoms with Crippen molar-refractivity contribution < 1.29 is 9.72 Å². The van der Waals surface area contributed by atoms with Gasteiger partial charge in [0.2, 0.25) is 5.91 Å². The maximum Gasteiger partial charge on any atom is 0.292 e. The Morgan fingerprint density at radius 2 is 1.92 bits per heavy atom. The summed E-state index contributed by atoms with van der Waals surface area (Å²) in [7, 11) is 0. The zero-order valence-electron chi connectivity index (χ0n) is 14.6. The molecule has 6 nitrogen and oxygen atoms in total. The molecule has 26 heavy (non-hydrogen) atoms. The van der Waals surface area contributed by atoms with Crippen LogP contribution in [0.15, 0.2) is 48.5 Å². The molecule has 0 atom stereocenters. The number of hydrogen-bond donors (Lipinski definition) is 1. The molecule has 0 aromatic heterocycles. The summed E-state index contributed by atoms with van der Waals surface area (Å²) in [5, 5.41) is 14.0. The van der Waals surface area contributed by atoms with Crippen LogP contribution in [0.1, 0.15) is 17.5 Å². The Balaban J connectivity index is 1.94. The van der Waals surface area contributed by atoms with Gasteiger partial charge in [0.25, 0.3) is 5.69 Å². The molecule has 0 fully saturated rings. The monoisotopic (exact) mass is 351 g/mol. The van der Waals surface area contributed by atoms with Crippen molar-refractivity contribution in [1.29, 1.82) is 0 Å². The summed E-state index contributed by atoms with van der Waals surface area (Å²) in [5.41, 5.74) is 2.54. The molecule has 1 N–H and O–H groups in total. The summed E-state index contributed by atoms with van der Waals surface area (Å²) >= 11 is 0. The molecule has 0 aliphatic rings. The summed E-state index contributed by atoms with van der Waals surface area (Å²) in [6.07, 6.45) is 5.58. The molecule has 0 spiro atoms. The van der Waals surface area contributed by atoms with E-state index in [0.717, 1.165) is 11.1 Å². The van der Waals surface area contributed by atoms with Gasteiger partial charge in [-0.25, -0.2) is 0 Å². The predicted molar refractivity (Wildman–Crippen MR) is 102 cm³/mol. The molecule has 2 aromatic carbocycles. The summed E-state index contributed by atoms with van der Waals surface area (Å²) in [5.74, 6) is 2.41. The van der Waals surface area contributed by atoms with Crippen LogP contribution in [0.25, 0.3) is 0 Å². The largest absolute Gasteiger partial charge is 0.379 e. The highest BCUT2D eigenvalue weighted by atomic mass is 16.6. The van der Waals surface area contributed by atoms with Gasteiger partial charge in [-0.15, -0.1) is 6.42 Å². The van der Waals surface area contributed by atoms with E-state index < -0.39 is 4.92 Å². The van der Waals surface area contributed by atoms with Gasteiger partial charge >= 0.3 is 0 Å². The predicted octanol–water partition coefficient (Wildman–Crippen LogP) is 3.37. The third-order valence-electron chi connectivity index (χ3n) is 3.88. The first-order valence-corrected chi connectivity index (χ1v) is 8.25. The number of carbonyl (C=O) groups excluding carboxylic acids is 1. The van der Waals surface area contributed by atoms with Crippen LogP contribution in [0.4, 0.5) is 11.4 Å². The second-order valence-corrected chi connectivity index (χ2v) is 5.89. The number of aryl methyl sites for hydroxylation is 1. The summed E-state index contributed by atoms with van der Waals surface area (Å²) in [4.78, 5) is 24.6. The number of nitro benzene ring substituents is 1. The van der Waals surface area contributed by atoms with Crippen molar-refractivity contribution in [3.05, 3.63) is 69.8 Å². The summed E-state index contributed by atoms with van der Waals surface area (Å²) in [6, 6.07) is 14.3. The Morgan fingerprint density at radius 3 is 2.58 bits per heavy atom. The zero-order chi connectivity index (χ0) is 18.9. The zero-order valence-corrected chi connectivity index (χ0v) is 14.6. The van der Waals surface area contributed by atoms with E-state index in [1.807, 2.05) is 31.2 Å². The molecule has 0 radical (unpaired) electrons. The number of amides is 1. The molecule has 0 aliphatic carbocycles. The highest BCUT2D eigenvalue weighted by Gasteiger charge is 2.15. The van der Waals surface area contributed by atoms with Crippen LogP contribution in [0.3, 0.4) is 0 Å². The molecule has 0 aliphatic heterocycles. The first-order valence-electron chi connectivity index (χ1n) is 8.25. The standard InChI is InChI=1S/C20H21N3O3/c1-3-14-22(15-17-10-8-16(2)9-11-17)20(24)12-13-21-18-6-4-5-7-19(18)23(25)26/h1,4-11,21H,12-15H2,2H3. The molecule has 2 aromatic rings. The van der Waals surface area contributed by atoms with E-state index in [1.54, 1.807) is 23.1 Å². The minimum atomic E-state index is -0.452. The Hall–Kier alpha value is -3.33. The van der Waals surface area contributed by atoms with Gasteiger partial charge in [0.05, 0.1) is 11.5 Å². The van der Waals surface area contributed by atoms with Crippen LogP contribution in [0, 0.1) is 29.4 Å². The van der Waals surface area contributed by atoms with E-state index in [9.17, 15) is 14.9 Å². The number of nitrogens with one attached hydrogen (secondary N) is 1. The van der Waals surface area contributed by atoms with Gasteiger partial charge < -0.3 is 10.2 Å². The Kier molecular flexibility index (Phi) is 6.75. The van der Waals surface area contributed by atoms with Gasteiger partial charge in [0, 0.05) is 25.6 Å². The van der Waals surface area contributed by atoms with E-state index >= 15 is 0 Å². The number of benzene rings is 2. The average molecular weight is 351 g/mol. The van der Waals surface area contributed by atoms with Gasteiger partial charge in [-0.1, -0.05) is 47.9 Å². The number of hydrogen-bond acceptors (Lipinski definition) is 4. The minimum Gasteiger partial charge on any atom is -0.379 e. The molecule has 1 amide bonds. The van der Waals surface area contributed by atoms with Crippen molar-refractivity contribution in [1.82, 2.24) is 4.90 Å². The third-order valence-corrected chi connectivity index (χ3v) is 3.88. The highest BCUT2D eigenvalue weighted by molar-refractivity contribution is 5.77. The van der Waals surface area contributed by atoms with Crippen LogP contribution >= 0.6 is 0 Å². The van der Waals surface area contributed by atoms with Crippen molar-refractivity contribution in [2.24, 2.45) is 0 Å². The van der Waals surface area contributed by atoms with Gasteiger partial charge in [0.15, 0.2) is 0 Å². The maximum atomic E-state index is 12.5. The number of carbonyl (C=O) groups is 1. The van der Waals surface area contributed by atoms with Gasteiger partial charge in [0.1, 0.15) is 5.69 Å². The molecule has 0 unspecified atom stereocenters. The number of anilines is 1. The van der Waals surface area contributed by atoms with Crippen LogP contribution in [-0.4, -0.2) is 28.8 Å².